The summed E-state index contributed by atoms with van der Waals surface area (Å²) in [4.78, 5) is 11.7. The van der Waals surface area contributed by atoms with E-state index in [1.807, 2.05) is 0 Å². The number of Topliss-reactive ketones (excluding diaryl/α,β-unsaturated/α-hetero) is 1. The van der Waals surface area contributed by atoms with Crippen LogP contribution in [0.15, 0.2) is 29.2 Å². The minimum absolute atomic E-state index is 0. The summed E-state index contributed by atoms with van der Waals surface area (Å²) in [7, 11) is -3.61. The predicted molar refractivity (Wildman–Crippen MR) is 84.2 cm³/mol. The van der Waals surface area contributed by atoms with Gasteiger partial charge < -0.3 is 5.73 Å². The molecule has 118 valence electrons. The van der Waals surface area contributed by atoms with E-state index in [0.29, 0.717) is 17.9 Å². The van der Waals surface area contributed by atoms with Gasteiger partial charge in [0.2, 0.25) is 10.0 Å². The van der Waals surface area contributed by atoms with Gasteiger partial charge >= 0.3 is 0 Å². The zero-order chi connectivity index (χ0) is 14.8. The van der Waals surface area contributed by atoms with Gasteiger partial charge in [0.25, 0.3) is 0 Å². The number of halogens is 1. The molecule has 3 N–H and O–H groups in total. The molecule has 1 aliphatic rings. The first-order valence-electron chi connectivity index (χ1n) is 6.82. The number of carbonyl (C=O) groups is 1. The van der Waals surface area contributed by atoms with Gasteiger partial charge in [-0.05, 0) is 30.9 Å². The van der Waals surface area contributed by atoms with Crippen molar-refractivity contribution in [2.45, 2.75) is 37.1 Å². The molecule has 1 aromatic carbocycles. The third kappa shape index (κ3) is 4.78. The highest BCUT2D eigenvalue weighted by Crippen LogP contribution is 2.31. The van der Waals surface area contributed by atoms with Crippen LogP contribution in [0.1, 0.15) is 36.5 Å². The number of hydrogen-bond donors (Lipinski definition) is 2. The Morgan fingerprint density at radius 1 is 1.43 bits per heavy atom. The van der Waals surface area contributed by atoms with Gasteiger partial charge in [-0.1, -0.05) is 19.1 Å². The minimum Gasteiger partial charge on any atom is -0.326 e. The molecule has 1 aromatic rings. The van der Waals surface area contributed by atoms with E-state index in [2.05, 4.69) is 4.72 Å². The molecule has 0 heterocycles. The van der Waals surface area contributed by atoms with Crippen LogP contribution in [0.3, 0.4) is 0 Å². The molecule has 21 heavy (non-hydrogen) atoms. The Kier molecular flexibility index (Phi) is 6.34. The van der Waals surface area contributed by atoms with E-state index in [0.717, 1.165) is 12.8 Å². The summed E-state index contributed by atoms with van der Waals surface area (Å²) in [5, 5.41) is 0. The van der Waals surface area contributed by atoms with Gasteiger partial charge in [0.1, 0.15) is 0 Å². The molecular formula is C14H21ClN2O3S. The van der Waals surface area contributed by atoms with E-state index in [-0.39, 0.29) is 35.7 Å². The van der Waals surface area contributed by atoms with Gasteiger partial charge in [0, 0.05) is 24.6 Å². The van der Waals surface area contributed by atoms with Gasteiger partial charge in [0.05, 0.1) is 4.90 Å². The number of sulfonamides is 1. The number of nitrogens with two attached hydrogens (primary N) is 1. The zero-order valence-electron chi connectivity index (χ0n) is 11.9. The molecule has 0 bridgehead atoms. The monoisotopic (exact) mass is 332 g/mol. The lowest BCUT2D eigenvalue weighted by molar-refractivity contribution is 0.0988. The first-order chi connectivity index (χ1) is 9.44. The highest BCUT2D eigenvalue weighted by atomic mass is 35.5. The lowest BCUT2D eigenvalue weighted by Crippen LogP contribution is -2.38. The maximum absolute atomic E-state index is 12.2. The molecular weight excluding hydrogens is 312 g/mol. The largest absolute Gasteiger partial charge is 0.326 e. The fourth-order valence-electron chi connectivity index (χ4n) is 2.02. The Morgan fingerprint density at radius 2 is 2.10 bits per heavy atom. The molecule has 1 atom stereocenters. The van der Waals surface area contributed by atoms with Crippen molar-refractivity contribution < 1.29 is 13.2 Å². The van der Waals surface area contributed by atoms with Crippen LogP contribution in [-0.2, 0) is 10.0 Å². The average Bonchev–Trinajstić information content (AvgIpc) is 3.28. The van der Waals surface area contributed by atoms with Crippen LogP contribution in [0, 0.1) is 5.92 Å². The maximum atomic E-state index is 12.2. The SMILES string of the molecule is CCC(=O)c1cccc(S(=O)(=O)NCC(N)C2CC2)c1.Cl. The number of ketones is 1. The molecule has 1 fully saturated rings. The van der Waals surface area contributed by atoms with E-state index in [1.54, 1.807) is 19.1 Å². The summed E-state index contributed by atoms with van der Waals surface area (Å²) in [6, 6.07) is 5.97. The van der Waals surface area contributed by atoms with Crippen molar-refractivity contribution in [3.05, 3.63) is 29.8 Å². The molecule has 2 rings (SSSR count). The third-order valence-electron chi connectivity index (χ3n) is 3.52. The number of nitrogens with one attached hydrogen (secondary N) is 1. The third-order valence-corrected chi connectivity index (χ3v) is 4.95. The minimum atomic E-state index is -3.61. The second kappa shape index (κ2) is 7.35. The molecule has 0 amide bonds. The fourth-order valence-corrected chi connectivity index (χ4v) is 3.14. The van der Waals surface area contributed by atoms with Crippen molar-refractivity contribution in [2.75, 3.05) is 6.54 Å². The lowest BCUT2D eigenvalue weighted by atomic mass is 10.1. The van der Waals surface area contributed by atoms with Crippen LogP contribution in [0.2, 0.25) is 0 Å². The molecule has 0 saturated heterocycles. The summed E-state index contributed by atoms with van der Waals surface area (Å²) in [6.07, 6.45) is 2.50. The number of carbonyl (C=O) groups excluding carboxylic acids is 1. The Morgan fingerprint density at radius 3 is 2.67 bits per heavy atom. The smallest absolute Gasteiger partial charge is 0.240 e. The van der Waals surface area contributed by atoms with E-state index in [4.69, 9.17) is 5.73 Å². The van der Waals surface area contributed by atoms with E-state index in [9.17, 15) is 13.2 Å². The highest BCUT2D eigenvalue weighted by Gasteiger charge is 2.29. The van der Waals surface area contributed by atoms with Crippen molar-refractivity contribution in [1.82, 2.24) is 4.72 Å². The van der Waals surface area contributed by atoms with Crippen LogP contribution in [0.5, 0.6) is 0 Å². The number of benzene rings is 1. The van der Waals surface area contributed by atoms with Crippen molar-refractivity contribution in [3.8, 4) is 0 Å². The highest BCUT2D eigenvalue weighted by molar-refractivity contribution is 7.89. The molecule has 1 saturated carbocycles. The van der Waals surface area contributed by atoms with Gasteiger partial charge in [-0.15, -0.1) is 12.4 Å². The van der Waals surface area contributed by atoms with Crippen molar-refractivity contribution in [3.63, 3.8) is 0 Å². The average molecular weight is 333 g/mol. The lowest BCUT2D eigenvalue weighted by Gasteiger charge is -2.12. The van der Waals surface area contributed by atoms with Crippen LogP contribution in [-0.4, -0.2) is 26.8 Å². The maximum Gasteiger partial charge on any atom is 0.240 e. The van der Waals surface area contributed by atoms with E-state index >= 15 is 0 Å². The summed E-state index contributed by atoms with van der Waals surface area (Å²) >= 11 is 0. The Labute approximate surface area is 131 Å². The van der Waals surface area contributed by atoms with E-state index in [1.165, 1.54) is 12.1 Å². The van der Waals surface area contributed by atoms with Crippen LogP contribution < -0.4 is 10.5 Å². The standard InChI is InChI=1S/C14H20N2O3S.ClH/c1-2-14(17)11-4-3-5-12(8-11)20(18,19)16-9-13(15)10-6-7-10;/h3-5,8,10,13,16H,2,6-7,9,15H2,1H3;1H. The summed E-state index contributed by atoms with van der Waals surface area (Å²) in [6.45, 7) is 1.98. The molecule has 0 radical (unpaired) electrons. The summed E-state index contributed by atoms with van der Waals surface area (Å²) < 4.78 is 26.8. The zero-order valence-corrected chi connectivity index (χ0v) is 13.5. The topological polar surface area (TPSA) is 89.3 Å². The molecule has 0 aromatic heterocycles. The Hall–Kier alpha value is -0.950. The number of hydrogen-bond acceptors (Lipinski definition) is 4. The van der Waals surface area contributed by atoms with Gasteiger partial charge in [-0.2, -0.15) is 0 Å². The quantitative estimate of drug-likeness (QED) is 0.744. The summed E-state index contributed by atoms with van der Waals surface area (Å²) in [5.74, 6) is 0.363. The molecule has 1 aliphatic carbocycles. The van der Waals surface area contributed by atoms with Crippen molar-refractivity contribution in [1.29, 1.82) is 0 Å². The summed E-state index contributed by atoms with van der Waals surface area (Å²) in [5.41, 5.74) is 6.30. The van der Waals surface area contributed by atoms with Crippen molar-refractivity contribution >= 4 is 28.2 Å². The molecule has 0 aliphatic heterocycles. The fraction of sp³-hybridized carbons (Fsp3) is 0.500. The van der Waals surface area contributed by atoms with Gasteiger partial charge in [0.15, 0.2) is 5.78 Å². The normalized spacial score (nSPS) is 16.1. The van der Waals surface area contributed by atoms with Gasteiger partial charge in [-0.3, -0.25) is 4.79 Å². The number of rotatable bonds is 7. The van der Waals surface area contributed by atoms with Crippen LogP contribution in [0.25, 0.3) is 0 Å². The molecule has 1 unspecified atom stereocenters. The second-order valence-corrected chi connectivity index (χ2v) is 6.92. The molecule has 7 heteroatoms. The van der Waals surface area contributed by atoms with Crippen molar-refractivity contribution in [2.24, 2.45) is 11.7 Å². The van der Waals surface area contributed by atoms with E-state index < -0.39 is 10.0 Å². The molecule has 5 nitrogen and oxygen atoms in total. The molecule has 0 spiro atoms. The van der Waals surface area contributed by atoms with Gasteiger partial charge in [-0.25, -0.2) is 13.1 Å². The van der Waals surface area contributed by atoms with Crippen LogP contribution >= 0.6 is 12.4 Å². The Bertz CT molecular complexity index is 600. The second-order valence-electron chi connectivity index (χ2n) is 5.16. The Balaban J connectivity index is 0.00000220. The first-order valence-corrected chi connectivity index (χ1v) is 8.31. The predicted octanol–water partition coefficient (Wildman–Crippen LogP) is 1.72. The first kappa shape index (κ1) is 18.1. The van der Waals surface area contributed by atoms with Crippen LogP contribution in [0.4, 0.5) is 0 Å².